The summed E-state index contributed by atoms with van der Waals surface area (Å²) in [6, 6.07) is 17.1. The van der Waals surface area contributed by atoms with Crippen molar-refractivity contribution in [3.8, 4) is 0 Å². The SMILES string of the molecule is Cc1ccccc1CCNn1ccc(C)c(CC(=O)NCc2ccc(C(=N)N)cc2)c1=O.Cl. The van der Waals surface area contributed by atoms with E-state index in [2.05, 4.69) is 29.8 Å². The second kappa shape index (κ2) is 11.9. The number of amides is 1. The van der Waals surface area contributed by atoms with Gasteiger partial charge in [0.1, 0.15) is 5.84 Å². The number of aromatic nitrogens is 1. The Morgan fingerprint density at radius 1 is 1.03 bits per heavy atom. The van der Waals surface area contributed by atoms with Crippen LogP contribution in [0, 0.1) is 19.3 Å². The van der Waals surface area contributed by atoms with E-state index in [-0.39, 0.29) is 36.1 Å². The maximum atomic E-state index is 12.9. The number of aryl methyl sites for hydroxylation is 2. The number of pyridine rings is 1. The van der Waals surface area contributed by atoms with Crippen molar-refractivity contribution in [3.63, 3.8) is 0 Å². The monoisotopic (exact) mass is 467 g/mol. The summed E-state index contributed by atoms with van der Waals surface area (Å²) in [6.45, 7) is 4.85. The van der Waals surface area contributed by atoms with E-state index >= 15 is 0 Å². The first-order valence-electron chi connectivity index (χ1n) is 10.5. The number of carbonyl (C=O) groups is 1. The van der Waals surface area contributed by atoms with Crippen LogP contribution < -0.4 is 22.0 Å². The standard InChI is InChI=1S/C25H29N5O2.ClH/c1-17-5-3-4-6-20(17)11-13-29-30-14-12-18(2)22(25(30)32)15-23(31)28-16-19-7-9-21(10-8-19)24(26)27;/h3-10,12,14,29H,11,13,15-16H2,1-2H3,(H3,26,27)(H,28,31);1H. The molecular formula is C25H30ClN5O2. The van der Waals surface area contributed by atoms with Gasteiger partial charge in [0.05, 0.1) is 6.42 Å². The van der Waals surface area contributed by atoms with E-state index in [1.165, 1.54) is 15.8 Å². The van der Waals surface area contributed by atoms with Crippen LogP contribution >= 0.6 is 12.4 Å². The molecule has 0 spiro atoms. The first-order chi connectivity index (χ1) is 15.3. The molecule has 0 aliphatic heterocycles. The Balaban J connectivity index is 0.00000385. The Hall–Kier alpha value is -3.58. The van der Waals surface area contributed by atoms with Gasteiger partial charge in [0.25, 0.3) is 5.56 Å². The molecule has 0 radical (unpaired) electrons. The Kier molecular flexibility index (Phi) is 9.24. The second-order valence-corrected chi connectivity index (χ2v) is 7.80. The number of carbonyl (C=O) groups excluding carboxylic acids is 1. The average molecular weight is 468 g/mol. The topological polar surface area (TPSA) is 113 Å². The summed E-state index contributed by atoms with van der Waals surface area (Å²) >= 11 is 0. The van der Waals surface area contributed by atoms with E-state index in [4.69, 9.17) is 11.1 Å². The first kappa shape index (κ1) is 25.7. The number of nitrogens with one attached hydrogen (secondary N) is 3. The molecule has 5 N–H and O–H groups in total. The van der Waals surface area contributed by atoms with E-state index < -0.39 is 0 Å². The highest BCUT2D eigenvalue weighted by molar-refractivity contribution is 5.94. The molecule has 8 heteroatoms. The molecule has 1 amide bonds. The van der Waals surface area contributed by atoms with Gasteiger partial charge in [0.2, 0.25) is 5.91 Å². The van der Waals surface area contributed by atoms with Crippen LogP contribution in [0.5, 0.6) is 0 Å². The summed E-state index contributed by atoms with van der Waals surface area (Å²) in [5.74, 6) is -0.220. The molecule has 0 aliphatic rings. The van der Waals surface area contributed by atoms with Crippen molar-refractivity contribution in [2.45, 2.75) is 33.2 Å². The molecule has 0 saturated heterocycles. The number of benzene rings is 2. The number of nitrogens with zero attached hydrogens (tertiary/aromatic N) is 1. The summed E-state index contributed by atoms with van der Waals surface area (Å²) in [6.07, 6.45) is 2.51. The summed E-state index contributed by atoms with van der Waals surface area (Å²) < 4.78 is 1.45. The third kappa shape index (κ3) is 6.95. The highest BCUT2D eigenvalue weighted by atomic mass is 35.5. The van der Waals surface area contributed by atoms with Gasteiger partial charge in [-0.25, -0.2) is 4.68 Å². The fourth-order valence-corrected chi connectivity index (χ4v) is 3.44. The number of rotatable bonds is 9. The van der Waals surface area contributed by atoms with Gasteiger partial charge in [-0.15, -0.1) is 12.4 Å². The number of halogens is 1. The molecule has 0 aliphatic carbocycles. The average Bonchev–Trinajstić information content (AvgIpc) is 2.78. The Morgan fingerprint density at radius 3 is 2.39 bits per heavy atom. The van der Waals surface area contributed by atoms with Gasteiger partial charge in [0, 0.05) is 30.4 Å². The quantitative estimate of drug-likeness (QED) is 0.286. The molecule has 3 rings (SSSR count). The molecule has 1 aromatic heterocycles. The zero-order chi connectivity index (χ0) is 23.1. The number of nitrogens with two attached hydrogens (primary N) is 1. The molecule has 0 bridgehead atoms. The zero-order valence-corrected chi connectivity index (χ0v) is 19.7. The van der Waals surface area contributed by atoms with Crippen molar-refractivity contribution in [2.75, 3.05) is 12.0 Å². The van der Waals surface area contributed by atoms with Crippen LogP contribution in [0.2, 0.25) is 0 Å². The van der Waals surface area contributed by atoms with Gasteiger partial charge >= 0.3 is 0 Å². The van der Waals surface area contributed by atoms with E-state index in [0.717, 1.165) is 17.5 Å². The van der Waals surface area contributed by atoms with Crippen LogP contribution in [0.3, 0.4) is 0 Å². The summed E-state index contributed by atoms with van der Waals surface area (Å²) in [4.78, 5) is 25.4. The maximum Gasteiger partial charge on any atom is 0.272 e. The van der Waals surface area contributed by atoms with E-state index in [9.17, 15) is 9.59 Å². The zero-order valence-electron chi connectivity index (χ0n) is 18.9. The van der Waals surface area contributed by atoms with Crippen LogP contribution in [-0.4, -0.2) is 23.0 Å². The van der Waals surface area contributed by atoms with Crippen molar-refractivity contribution < 1.29 is 4.79 Å². The molecule has 0 atom stereocenters. The van der Waals surface area contributed by atoms with Crippen molar-refractivity contribution in [1.29, 1.82) is 5.41 Å². The van der Waals surface area contributed by atoms with E-state index in [0.29, 0.717) is 24.2 Å². The van der Waals surface area contributed by atoms with Crippen molar-refractivity contribution in [2.24, 2.45) is 5.73 Å². The molecule has 33 heavy (non-hydrogen) atoms. The van der Waals surface area contributed by atoms with E-state index in [1.54, 1.807) is 18.3 Å². The minimum atomic E-state index is -0.224. The van der Waals surface area contributed by atoms with Crippen LogP contribution in [0.4, 0.5) is 0 Å². The van der Waals surface area contributed by atoms with Gasteiger partial charge in [-0.2, -0.15) is 0 Å². The third-order valence-corrected chi connectivity index (χ3v) is 5.46. The van der Waals surface area contributed by atoms with Crippen molar-refractivity contribution in [3.05, 3.63) is 105 Å². The van der Waals surface area contributed by atoms with Gasteiger partial charge in [-0.3, -0.25) is 15.0 Å². The summed E-state index contributed by atoms with van der Waals surface area (Å²) in [5.41, 5.74) is 13.6. The minimum absolute atomic E-state index is 0. The first-order valence-corrected chi connectivity index (χ1v) is 10.5. The maximum absolute atomic E-state index is 12.9. The van der Waals surface area contributed by atoms with Crippen LogP contribution in [0.1, 0.15) is 33.4 Å². The fraction of sp³-hybridized carbons (Fsp3) is 0.240. The fourth-order valence-electron chi connectivity index (χ4n) is 3.44. The number of amidine groups is 1. The molecule has 2 aromatic carbocycles. The Labute approximate surface area is 199 Å². The molecule has 174 valence electrons. The summed E-state index contributed by atoms with van der Waals surface area (Å²) in [5, 5.41) is 10.3. The lowest BCUT2D eigenvalue weighted by Gasteiger charge is -2.14. The molecule has 0 saturated carbocycles. The predicted octanol–water partition coefficient (Wildman–Crippen LogP) is 2.82. The van der Waals surface area contributed by atoms with Crippen LogP contribution in [0.15, 0.2) is 65.6 Å². The predicted molar refractivity (Wildman–Crippen MR) is 135 cm³/mol. The van der Waals surface area contributed by atoms with Crippen molar-refractivity contribution in [1.82, 2.24) is 9.99 Å². The molecule has 0 fully saturated rings. The molecule has 0 unspecified atom stereocenters. The molecular weight excluding hydrogens is 438 g/mol. The lowest BCUT2D eigenvalue weighted by molar-refractivity contribution is -0.120. The second-order valence-electron chi connectivity index (χ2n) is 7.80. The largest absolute Gasteiger partial charge is 0.384 e. The lowest BCUT2D eigenvalue weighted by atomic mass is 10.1. The van der Waals surface area contributed by atoms with Gasteiger partial charge in [0.15, 0.2) is 0 Å². The smallest absolute Gasteiger partial charge is 0.272 e. The van der Waals surface area contributed by atoms with Crippen molar-refractivity contribution >= 4 is 24.1 Å². The van der Waals surface area contributed by atoms with Crippen LogP contribution in [-0.2, 0) is 24.2 Å². The van der Waals surface area contributed by atoms with E-state index in [1.807, 2.05) is 37.3 Å². The Bertz CT molecular complexity index is 1170. The molecule has 7 nitrogen and oxygen atoms in total. The highest BCUT2D eigenvalue weighted by Crippen LogP contribution is 2.08. The lowest BCUT2D eigenvalue weighted by Crippen LogP contribution is -2.35. The molecule has 3 aromatic rings. The van der Waals surface area contributed by atoms with Gasteiger partial charge in [-0.1, -0.05) is 48.5 Å². The van der Waals surface area contributed by atoms with Crippen LogP contribution in [0.25, 0.3) is 0 Å². The molecule has 1 heterocycles. The normalized spacial score (nSPS) is 10.2. The summed E-state index contributed by atoms with van der Waals surface area (Å²) in [7, 11) is 0. The Morgan fingerprint density at radius 2 is 1.73 bits per heavy atom. The van der Waals surface area contributed by atoms with Gasteiger partial charge in [-0.05, 0) is 48.6 Å². The number of hydrogen-bond donors (Lipinski definition) is 4. The highest BCUT2D eigenvalue weighted by Gasteiger charge is 2.12. The third-order valence-electron chi connectivity index (χ3n) is 5.46. The number of hydrogen-bond acceptors (Lipinski definition) is 4. The van der Waals surface area contributed by atoms with Gasteiger partial charge < -0.3 is 16.5 Å². The minimum Gasteiger partial charge on any atom is -0.384 e. The number of nitrogen functional groups attached to an aromatic ring is 1.